The molecule has 0 aromatic carbocycles. The predicted molar refractivity (Wildman–Crippen MR) is 80.6 cm³/mol. The average molecular weight is 355 g/mol. The average Bonchev–Trinajstić information content (AvgIpc) is 3.16. The number of hydrogen-bond acceptors (Lipinski definition) is 4. The van der Waals surface area contributed by atoms with Gasteiger partial charge in [0.1, 0.15) is 23.6 Å². The highest BCUT2D eigenvalue weighted by Gasteiger charge is 2.35. The zero-order valence-electron chi connectivity index (χ0n) is 13.4. The fourth-order valence-electron chi connectivity index (χ4n) is 3.03. The molecule has 0 saturated carbocycles. The van der Waals surface area contributed by atoms with Crippen LogP contribution in [0.4, 0.5) is 13.2 Å². The minimum atomic E-state index is -4.75. The van der Waals surface area contributed by atoms with E-state index >= 15 is 0 Å². The number of aryl methyl sites for hydroxylation is 1. The molecule has 1 saturated heterocycles. The molecule has 0 radical (unpaired) electrons. The number of halogens is 3. The highest BCUT2D eigenvalue weighted by Crippen LogP contribution is 2.31. The molecule has 6 nitrogen and oxygen atoms in total. The zero-order valence-corrected chi connectivity index (χ0v) is 13.4. The molecule has 9 heteroatoms. The summed E-state index contributed by atoms with van der Waals surface area (Å²) in [5, 5.41) is 3.92. The van der Waals surface area contributed by atoms with Crippen molar-refractivity contribution in [3.05, 3.63) is 51.8 Å². The lowest BCUT2D eigenvalue weighted by Crippen LogP contribution is -2.37. The molecule has 1 atom stereocenters. The van der Waals surface area contributed by atoms with Gasteiger partial charge >= 0.3 is 6.18 Å². The van der Waals surface area contributed by atoms with E-state index in [0.29, 0.717) is 30.5 Å². The van der Waals surface area contributed by atoms with Crippen LogP contribution in [0.3, 0.4) is 0 Å². The van der Waals surface area contributed by atoms with Crippen molar-refractivity contribution in [2.45, 2.75) is 38.5 Å². The smallest absolute Gasteiger partial charge is 0.361 e. The van der Waals surface area contributed by atoms with Gasteiger partial charge in [0, 0.05) is 18.8 Å². The van der Waals surface area contributed by atoms with Crippen LogP contribution < -0.4 is 5.56 Å². The van der Waals surface area contributed by atoms with Gasteiger partial charge in [-0.1, -0.05) is 5.16 Å². The molecule has 3 heterocycles. The Labute approximate surface area is 140 Å². The van der Waals surface area contributed by atoms with Gasteiger partial charge in [0.05, 0.1) is 6.04 Å². The van der Waals surface area contributed by atoms with E-state index in [1.165, 1.54) is 11.1 Å². The topological polar surface area (TPSA) is 68.3 Å². The summed E-state index contributed by atoms with van der Waals surface area (Å²) in [5.41, 5.74) is -1.90. The third-order valence-corrected chi connectivity index (χ3v) is 4.19. The van der Waals surface area contributed by atoms with Crippen molar-refractivity contribution in [2.75, 3.05) is 6.54 Å². The van der Waals surface area contributed by atoms with Crippen LogP contribution in [0.25, 0.3) is 0 Å². The van der Waals surface area contributed by atoms with E-state index in [9.17, 15) is 22.8 Å². The van der Waals surface area contributed by atoms with Crippen LogP contribution >= 0.6 is 0 Å². The van der Waals surface area contributed by atoms with E-state index in [1.54, 1.807) is 13.0 Å². The first-order valence-electron chi connectivity index (χ1n) is 7.76. The first-order valence-corrected chi connectivity index (χ1v) is 7.76. The molecular formula is C16H16F3N3O3. The largest absolute Gasteiger partial charge is 0.421 e. The van der Waals surface area contributed by atoms with Gasteiger partial charge in [-0.3, -0.25) is 9.59 Å². The van der Waals surface area contributed by atoms with Crippen molar-refractivity contribution in [2.24, 2.45) is 0 Å². The van der Waals surface area contributed by atoms with Crippen LogP contribution in [0.15, 0.2) is 33.7 Å². The number of hydrogen-bond donors (Lipinski definition) is 0. The fourth-order valence-corrected chi connectivity index (χ4v) is 3.03. The number of nitrogens with zero attached hydrogens (tertiary/aromatic N) is 3. The van der Waals surface area contributed by atoms with Gasteiger partial charge in [-0.25, -0.2) is 0 Å². The highest BCUT2D eigenvalue weighted by atomic mass is 19.4. The molecule has 0 aliphatic carbocycles. The standard InChI is InChI=1S/C16H16F3N3O3/c1-10-8-12(20-25-10)13-5-3-7-22(13)14(23)9-21-6-2-4-11(15(21)24)16(17,18)19/h2,4,6,8,13H,3,5,7,9H2,1H3/t13-/m0/s1. The second-order valence-corrected chi connectivity index (χ2v) is 5.96. The number of pyridine rings is 1. The van der Waals surface area contributed by atoms with E-state index < -0.39 is 29.8 Å². The number of alkyl halides is 3. The van der Waals surface area contributed by atoms with Gasteiger partial charge in [0.15, 0.2) is 0 Å². The van der Waals surface area contributed by atoms with Crippen molar-refractivity contribution >= 4 is 5.91 Å². The summed E-state index contributed by atoms with van der Waals surface area (Å²) in [6.45, 7) is 1.75. The summed E-state index contributed by atoms with van der Waals surface area (Å²) in [4.78, 5) is 26.0. The normalized spacial score (nSPS) is 17.9. The van der Waals surface area contributed by atoms with Crippen LogP contribution in [0.5, 0.6) is 0 Å². The molecule has 0 bridgehead atoms. The minimum absolute atomic E-state index is 0.286. The number of carbonyl (C=O) groups excluding carboxylic acids is 1. The third-order valence-electron chi connectivity index (χ3n) is 4.19. The number of likely N-dealkylation sites (tertiary alicyclic amines) is 1. The second kappa shape index (κ2) is 6.38. The van der Waals surface area contributed by atoms with Gasteiger partial charge in [-0.15, -0.1) is 0 Å². The van der Waals surface area contributed by atoms with E-state index in [1.807, 2.05) is 0 Å². The van der Waals surface area contributed by atoms with Gasteiger partial charge in [-0.05, 0) is 31.9 Å². The molecule has 0 unspecified atom stereocenters. The molecule has 1 amide bonds. The van der Waals surface area contributed by atoms with E-state index in [-0.39, 0.29) is 6.04 Å². The van der Waals surface area contributed by atoms with E-state index in [4.69, 9.17) is 4.52 Å². The lowest BCUT2D eigenvalue weighted by Gasteiger charge is -2.23. The molecule has 134 valence electrons. The van der Waals surface area contributed by atoms with Crippen molar-refractivity contribution in [1.29, 1.82) is 0 Å². The zero-order chi connectivity index (χ0) is 18.2. The molecule has 1 aliphatic rings. The van der Waals surface area contributed by atoms with Crippen LogP contribution in [0, 0.1) is 6.92 Å². The summed E-state index contributed by atoms with van der Waals surface area (Å²) < 4.78 is 44.3. The molecule has 1 fully saturated rings. The first kappa shape index (κ1) is 17.2. The molecule has 2 aromatic heterocycles. The summed E-state index contributed by atoms with van der Waals surface area (Å²) in [6.07, 6.45) is -2.13. The maximum atomic E-state index is 12.8. The summed E-state index contributed by atoms with van der Waals surface area (Å²) in [5.74, 6) is 0.188. The van der Waals surface area contributed by atoms with Crippen LogP contribution in [-0.2, 0) is 17.5 Å². The van der Waals surface area contributed by atoms with Crippen molar-refractivity contribution in [1.82, 2.24) is 14.6 Å². The quantitative estimate of drug-likeness (QED) is 0.848. The Hall–Kier alpha value is -2.58. The summed E-state index contributed by atoms with van der Waals surface area (Å²) >= 11 is 0. The summed E-state index contributed by atoms with van der Waals surface area (Å²) in [7, 11) is 0. The number of carbonyl (C=O) groups is 1. The third kappa shape index (κ3) is 3.45. The molecular weight excluding hydrogens is 339 g/mol. The predicted octanol–water partition coefficient (Wildman–Crippen LogP) is 2.53. The minimum Gasteiger partial charge on any atom is -0.361 e. The Kier molecular flexibility index (Phi) is 4.40. The molecule has 2 aromatic rings. The van der Waals surface area contributed by atoms with Gasteiger partial charge < -0.3 is 14.0 Å². The van der Waals surface area contributed by atoms with Crippen molar-refractivity contribution in [3.63, 3.8) is 0 Å². The van der Waals surface area contributed by atoms with Gasteiger partial charge in [0.25, 0.3) is 5.56 Å². The Morgan fingerprint density at radius 1 is 1.44 bits per heavy atom. The maximum absolute atomic E-state index is 12.8. The SMILES string of the molecule is Cc1cc([C@@H]2CCCN2C(=O)Cn2cccc(C(F)(F)F)c2=O)no1. The number of rotatable bonds is 3. The molecule has 0 N–H and O–H groups in total. The Balaban J connectivity index is 1.82. The monoisotopic (exact) mass is 355 g/mol. The van der Waals surface area contributed by atoms with E-state index in [0.717, 1.165) is 17.1 Å². The molecule has 3 rings (SSSR count). The van der Waals surface area contributed by atoms with Crippen molar-refractivity contribution < 1.29 is 22.5 Å². The summed E-state index contributed by atoms with van der Waals surface area (Å²) in [6, 6.07) is 3.26. The van der Waals surface area contributed by atoms with Crippen LogP contribution in [0.1, 0.15) is 35.9 Å². The first-order chi connectivity index (χ1) is 11.8. The van der Waals surface area contributed by atoms with Crippen LogP contribution in [0.2, 0.25) is 0 Å². The Bertz CT molecular complexity index is 841. The Morgan fingerprint density at radius 3 is 2.84 bits per heavy atom. The number of amides is 1. The lowest BCUT2D eigenvalue weighted by atomic mass is 10.1. The van der Waals surface area contributed by atoms with Gasteiger partial charge in [-0.2, -0.15) is 13.2 Å². The maximum Gasteiger partial charge on any atom is 0.421 e. The molecule has 0 spiro atoms. The second-order valence-electron chi connectivity index (χ2n) is 5.96. The highest BCUT2D eigenvalue weighted by molar-refractivity contribution is 5.76. The van der Waals surface area contributed by atoms with E-state index in [2.05, 4.69) is 5.16 Å². The van der Waals surface area contributed by atoms with Gasteiger partial charge in [0.2, 0.25) is 5.91 Å². The van der Waals surface area contributed by atoms with Crippen LogP contribution in [-0.4, -0.2) is 27.1 Å². The lowest BCUT2D eigenvalue weighted by molar-refractivity contribution is -0.139. The molecule has 25 heavy (non-hydrogen) atoms. The fraction of sp³-hybridized carbons (Fsp3) is 0.438. The molecule has 1 aliphatic heterocycles. The van der Waals surface area contributed by atoms with Crippen molar-refractivity contribution in [3.8, 4) is 0 Å². The number of aromatic nitrogens is 2. The Morgan fingerprint density at radius 2 is 2.20 bits per heavy atom.